The van der Waals surface area contributed by atoms with Crippen molar-refractivity contribution in [3.63, 3.8) is 0 Å². The van der Waals surface area contributed by atoms with Gasteiger partial charge in [0.2, 0.25) is 0 Å². The van der Waals surface area contributed by atoms with Crippen molar-refractivity contribution in [2.75, 3.05) is 19.8 Å². The van der Waals surface area contributed by atoms with Crippen LogP contribution in [0.2, 0.25) is 0 Å². The molecule has 0 aliphatic carbocycles. The van der Waals surface area contributed by atoms with Crippen LogP contribution in [0.4, 0.5) is 0 Å². The fourth-order valence-electron chi connectivity index (χ4n) is 3.01. The summed E-state index contributed by atoms with van der Waals surface area (Å²) in [5, 5.41) is 1.06. The number of benzene rings is 1. The van der Waals surface area contributed by atoms with Crippen LogP contribution in [-0.2, 0) is 32.5 Å². The maximum Gasteiger partial charge on any atom is 0.335 e. The minimum absolute atomic E-state index is 0.0585. The van der Waals surface area contributed by atoms with Crippen molar-refractivity contribution in [1.29, 1.82) is 0 Å². The van der Waals surface area contributed by atoms with Crippen molar-refractivity contribution in [3.8, 4) is 5.75 Å². The highest BCUT2D eigenvalue weighted by Gasteiger charge is 2.25. The molecule has 2 aromatic rings. The number of fused-ring (bicyclic) bond motifs is 1. The van der Waals surface area contributed by atoms with E-state index in [-0.39, 0.29) is 18.2 Å². The molecule has 0 saturated carbocycles. The number of aryl methyl sites for hydroxylation is 1. The van der Waals surface area contributed by atoms with Gasteiger partial charge in [0.05, 0.1) is 19.3 Å². The number of rotatable bonds is 9. The van der Waals surface area contributed by atoms with Crippen LogP contribution in [0.25, 0.3) is 10.9 Å². The van der Waals surface area contributed by atoms with E-state index in [1.54, 1.807) is 6.92 Å². The van der Waals surface area contributed by atoms with Crippen LogP contribution in [0.15, 0.2) is 24.4 Å². The van der Waals surface area contributed by atoms with Gasteiger partial charge in [0, 0.05) is 30.6 Å². The summed E-state index contributed by atoms with van der Waals surface area (Å²) in [5.74, 6) is 0.481. The van der Waals surface area contributed by atoms with Crippen LogP contribution in [-0.4, -0.2) is 48.7 Å². The Morgan fingerprint density at radius 2 is 2.15 bits per heavy atom. The third-order valence-electron chi connectivity index (χ3n) is 4.27. The Morgan fingerprint density at radius 1 is 1.38 bits per heavy atom. The van der Waals surface area contributed by atoms with E-state index < -0.39 is 6.10 Å². The van der Waals surface area contributed by atoms with Crippen molar-refractivity contribution in [2.24, 2.45) is 7.05 Å². The van der Waals surface area contributed by atoms with Crippen LogP contribution >= 0.6 is 0 Å². The van der Waals surface area contributed by atoms with E-state index in [0.29, 0.717) is 19.6 Å². The zero-order chi connectivity index (χ0) is 18.7. The van der Waals surface area contributed by atoms with Gasteiger partial charge in [0.1, 0.15) is 18.5 Å². The van der Waals surface area contributed by atoms with E-state index in [9.17, 15) is 4.79 Å². The Hall–Kier alpha value is -2.05. The number of aromatic nitrogens is 1. The normalized spacial score (nSPS) is 17.5. The molecule has 2 heterocycles. The number of carbonyl (C=O) groups is 1. The lowest BCUT2D eigenvalue weighted by Crippen LogP contribution is -2.31. The molecule has 1 aliphatic heterocycles. The molecule has 1 aliphatic rings. The topological polar surface area (TPSA) is 62.2 Å². The van der Waals surface area contributed by atoms with Crippen LogP contribution in [0.3, 0.4) is 0 Å². The van der Waals surface area contributed by atoms with Crippen molar-refractivity contribution in [3.05, 3.63) is 30.0 Å². The second kappa shape index (κ2) is 8.10. The molecule has 1 aromatic heterocycles. The number of esters is 1. The lowest BCUT2D eigenvalue weighted by atomic mass is 10.1. The molecular weight excluding hydrogens is 334 g/mol. The van der Waals surface area contributed by atoms with Crippen molar-refractivity contribution in [1.82, 2.24) is 4.57 Å². The summed E-state index contributed by atoms with van der Waals surface area (Å²) in [4.78, 5) is 12.3. The molecule has 0 bridgehead atoms. The van der Waals surface area contributed by atoms with Crippen LogP contribution in [0.1, 0.15) is 26.3 Å². The molecule has 26 heavy (non-hydrogen) atoms. The maximum absolute atomic E-state index is 12.3. The number of hydrogen-bond acceptors (Lipinski definition) is 5. The van der Waals surface area contributed by atoms with Gasteiger partial charge < -0.3 is 23.5 Å². The van der Waals surface area contributed by atoms with Gasteiger partial charge in [-0.15, -0.1) is 0 Å². The standard InChI is InChI=1S/C20H27NO5/c1-5-23-20(22)19(26-13(2)3)8-14-10-21(4)18-7-6-15(9-17(14)18)24-11-16-12-25-16/h6-7,9-10,13,16,19H,5,8,11-12H2,1-4H3. The first-order chi connectivity index (χ1) is 12.5. The molecule has 0 radical (unpaired) electrons. The number of ether oxygens (including phenoxy) is 4. The molecule has 1 aromatic carbocycles. The highest BCUT2D eigenvalue weighted by Crippen LogP contribution is 2.28. The predicted octanol–water partition coefficient (Wildman–Crippen LogP) is 2.86. The van der Waals surface area contributed by atoms with E-state index in [0.717, 1.165) is 28.8 Å². The molecule has 6 nitrogen and oxygen atoms in total. The van der Waals surface area contributed by atoms with Crippen molar-refractivity contribution >= 4 is 16.9 Å². The maximum atomic E-state index is 12.3. The van der Waals surface area contributed by atoms with E-state index >= 15 is 0 Å². The molecule has 2 atom stereocenters. The first kappa shape index (κ1) is 18.7. The summed E-state index contributed by atoms with van der Waals surface area (Å²) in [7, 11) is 1.99. The van der Waals surface area contributed by atoms with Crippen molar-refractivity contribution < 1.29 is 23.7 Å². The largest absolute Gasteiger partial charge is 0.491 e. The van der Waals surface area contributed by atoms with Gasteiger partial charge in [-0.05, 0) is 44.5 Å². The summed E-state index contributed by atoms with van der Waals surface area (Å²) in [5.41, 5.74) is 2.12. The monoisotopic (exact) mass is 361 g/mol. The van der Waals surface area contributed by atoms with Gasteiger partial charge in [-0.25, -0.2) is 4.79 Å². The minimum Gasteiger partial charge on any atom is -0.491 e. The van der Waals surface area contributed by atoms with Gasteiger partial charge in [-0.2, -0.15) is 0 Å². The molecule has 142 valence electrons. The van der Waals surface area contributed by atoms with Gasteiger partial charge >= 0.3 is 5.97 Å². The Kier molecular flexibility index (Phi) is 5.84. The van der Waals surface area contributed by atoms with Crippen molar-refractivity contribution in [2.45, 2.75) is 45.5 Å². The Labute approximate surface area is 154 Å². The molecule has 2 unspecified atom stereocenters. The zero-order valence-corrected chi connectivity index (χ0v) is 15.9. The SMILES string of the molecule is CCOC(=O)C(Cc1cn(C)c2ccc(OCC3CO3)cc12)OC(C)C. The fourth-order valence-corrected chi connectivity index (χ4v) is 3.01. The van der Waals surface area contributed by atoms with Gasteiger partial charge in [0.25, 0.3) is 0 Å². The summed E-state index contributed by atoms with van der Waals surface area (Å²) >= 11 is 0. The number of hydrogen-bond donors (Lipinski definition) is 0. The molecule has 6 heteroatoms. The molecule has 0 N–H and O–H groups in total. The van der Waals surface area contributed by atoms with Crippen LogP contribution in [0, 0.1) is 0 Å². The van der Waals surface area contributed by atoms with Gasteiger partial charge in [-0.1, -0.05) is 0 Å². The summed E-state index contributed by atoms with van der Waals surface area (Å²) in [6.07, 6.45) is 2.04. The van der Waals surface area contributed by atoms with E-state index in [1.165, 1.54) is 0 Å². The molecular formula is C20H27NO5. The average Bonchev–Trinajstić information content (AvgIpc) is 3.37. The number of epoxide rings is 1. The fraction of sp³-hybridized carbons (Fsp3) is 0.550. The third kappa shape index (κ3) is 4.56. The smallest absolute Gasteiger partial charge is 0.335 e. The molecule has 0 spiro atoms. The third-order valence-corrected chi connectivity index (χ3v) is 4.27. The molecule has 0 amide bonds. The minimum atomic E-state index is -0.620. The Morgan fingerprint density at radius 3 is 2.81 bits per heavy atom. The predicted molar refractivity (Wildman–Crippen MR) is 98.5 cm³/mol. The van der Waals surface area contributed by atoms with Gasteiger partial charge in [-0.3, -0.25) is 0 Å². The summed E-state index contributed by atoms with van der Waals surface area (Å²) in [6, 6.07) is 6.01. The number of carbonyl (C=O) groups excluding carboxylic acids is 1. The first-order valence-corrected chi connectivity index (χ1v) is 9.12. The first-order valence-electron chi connectivity index (χ1n) is 9.12. The van der Waals surface area contributed by atoms with Gasteiger partial charge in [0.15, 0.2) is 6.10 Å². The number of nitrogens with zero attached hydrogens (tertiary/aromatic N) is 1. The summed E-state index contributed by atoms with van der Waals surface area (Å²) in [6.45, 7) is 7.31. The quantitative estimate of drug-likeness (QED) is 0.508. The molecule has 1 saturated heterocycles. The zero-order valence-electron chi connectivity index (χ0n) is 15.9. The van der Waals surface area contributed by atoms with Crippen LogP contribution in [0.5, 0.6) is 5.75 Å². The Balaban J connectivity index is 1.83. The van der Waals surface area contributed by atoms with E-state index in [2.05, 4.69) is 4.57 Å². The van der Waals surface area contributed by atoms with E-state index in [4.69, 9.17) is 18.9 Å². The second-order valence-electron chi connectivity index (χ2n) is 6.84. The van der Waals surface area contributed by atoms with E-state index in [1.807, 2.05) is 45.3 Å². The molecule has 1 fully saturated rings. The lowest BCUT2D eigenvalue weighted by Gasteiger charge is -2.18. The second-order valence-corrected chi connectivity index (χ2v) is 6.84. The highest BCUT2D eigenvalue weighted by molar-refractivity contribution is 5.86. The lowest BCUT2D eigenvalue weighted by molar-refractivity contribution is -0.159. The van der Waals surface area contributed by atoms with Crippen LogP contribution < -0.4 is 4.74 Å². The Bertz CT molecular complexity index is 763. The molecule has 3 rings (SSSR count). The highest BCUT2D eigenvalue weighted by atomic mass is 16.6. The summed E-state index contributed by atoms with van der Waals surface area (Å²) < 4.78 is 24.0. The average molecular weight is 361 g/mol.